The van der Waals surface area contributed by atoms with Crippen molar-refractivity contribution < 1.29 is 4.79 Å². The quantitative estimate of drug-likeness (QED) is 0.813. The lowest BCUT2D eigenvalue weighted by Crippen LogP contribution is -1.92. The van der Waals surface area contributed by atoms with Gasteiger partial charge < -0.3 is 0 Å². The minimum Gasteiger partial charge on any atom is -0.295 e. The van der Waals surface area contributed by atoms with Crippen molar-refractivity contribution in [3.05, 3.63) is 46.8 Å². The Morgan fingerprint density at radius 3 is 2.76 bits per heavy atom. The van der Waals surface area contributed by atoms with Gasteiger partial charge in [-0.2, -0.15) is 0 Å². The summed E-state index contributed by atoms with van der Waals surface area (Å²) in [5, 5.41) is 0.823. The van der Waals surface area contributed by atoms with E-state index in [2.05, 4.69) is 25.9 Å². The largest absolute Gasteiger partial charge is 0.295 e. The van der Waals surface area contributed by atoms with Gasteiger partial charge in [0.25, 0.3) is 0 Å². The summed E-state index contributed by atoms with van der Waals surface area (Å²) in [4.78, 5) is 20.4. The van der Waals surface area contributed by atoms with Gasteiger partial charge in [0.1, 0.15) is 5.03 Å². The molecule has 17 heavy (non-hydrogen) atoms. The van der Waals surface area contributed by atoms with Gasteiger partial charge in [-0.3, -0.25) is 9.78 Å². The molecule has 2 rings (SSSR count). The lowest BCUT2D eigenvalue weighted by Gasteiger charge is -2.04. The molecule has 0 saturated heterocycles. The first-order valence-corrected chi connectivity index (χ1v) is 6.52. The van der Waals surface area contributed by atoms with Crippen molar-refractivity contribution in [2.45, 2.75) is 16.8 Å². The highest BCUT2D eigenvalue weighted by molar-refractivity contribution is 9.10. The lowest BCUT2D eigenvalue weighted by molar-refractivity contribution is 0.101. The monoisotopic (exact) mass is 308 g/mol. The second-order valence-corrected chi connectivity index (χ2v) is 5.26. The Bertz CT molecular complexity index is 545. The highest BCUT2D eigenvalue weighted by Gasteiger charge is 2.06. The maximum absolute atomic E-state index is 11.2. The first-order valence-electron chi connectivity index (χ1n) is 4.91. The van der Waals surface area contributed by atoms with Crippen LogP contribution in [0.2, 0.25) is 0 Å². The van der Waals surface area contributed by atoms with Crippen LogP contribution in [0.3, 0.4) is 0 Å². The Labute approximate surface area is 112 Å². The summed E-state index contributed by atoms with van der Waals surface area (Å²) < 4.78 is 0.890. The van der Waals surface area contributed by atoms with Gasteiger partial charge in [-0.15, -0.1) is 0 Å². The molecule has 0 amide bonds. The first-order chi connectivity index (χ1) is 8.16. The maximum atomic E-state index is 11.2. The third-order valence-corrected chi connectivity index (χ3v) is 4.01. The Kier molecular flexibility index (Phi) is 3.91. The average molecular weight is 309 g/mol. The van der Waals surface area contributed by atoms with Crippen molar-refractivity contribution in [2.24, 2.45) is 0 Å². The van der Waals surface area contributed by atoms with E-state index in [-0.39, 0.29) is 5.78 Å². The molecule has 0 saturated carbocycles. The molecule has 1 heterocycles. The number of carbonyl (C=O) groups excluding carboxylic acids is 1. The van der Waals surface area contributed by atoms with Gasteiger partial charge >= 0.3 is 0 Å². The van der Waals surface area contributed by atoms with Crippen LogP contribution in [-0.2, 0) is 0 Å². The normalized spacial score (nSPS) is 10.2. The predicted molar refractivity (Wildman–Crippen MR) is 70.3 cm³/mol. The standard InChI is InChI=1S/C12H9BrN2OS/c1-8(16)9-2-3-11(10(13)6-9)17-12-7-14-4-5-15-12/h2-7H,1H3. The molecule has 0 fully saturated rings. The van der Waals surface area contributed by atoms with E-state index >= 15 is 0 Å². The van der Waals surface area contributed by atoms with Crippen molar-refractivity contribution in [1.82, 2.24) is 9.97 Å². The van der Waals surface area contributed by atoms with E-state index in [9.17, 15) is 4.79 Å². The van der Waals surface area contributed by atoms with Crippen LogP contribution in [0.15, 0.2) is 51.2 Å². The zero-order valence-corrected chi connectivity index (χ0v) is 11.5. The van der Waals surface area contributed by atoms with Crippen molar-refractivity contribution in [3.8, 4) is 0 Å². The van der Waals surface area contributed by atoms with E-state index in [4.69, 9.17) is 0 Å². The zero-order valence-electron chi connectivity index (χ0n) is 9.05. The van der Waals surface area contributed by atoms with Gasteiger partial charge in [-0.1, -0.05) is 17.8 Å². The van der Waals surface area contributed by atoms with E-state index in [1.54, 1.807) is 25.5 Å². The van der Waals surface area contributed by atoms with E-state index in [0.717, 1.165) is 14.4 Å². The number of benzene rings is 1. The Morgan fingerprint density at radius 1 is 1.35 bits per heavy atom. The molecular formula is C12H9BrN2OS. The summed E-state index contributed by atoms with van der Waals surface area (Å²) in [6.07, 6.45) is 4.99. The second kappa shape index (κ2) is 5.42. The van der Waals surface area contributed by atoms with Gasteiger partial charge in [0.05, 0.1) is 6.20 Å². The zero-order chi connectivity index (χ0) is 12.3. The topological polar surface area (TPSA) is 42.9 Å². The molecule has 0 spiro atoms. The number of nitrogens with zero attached hydrogens (tertiary/aromatic N) is 2. The van der Waals surface area contributed by atoms with Crippen LogP contribution in [0.1, 0.15) is 17.3 Å². The molecule has 0 aliphatic rings. The Morgan fingerprint density at radius 2 is 2.18 bits per heavy atom. The summed E-state index contributed by atoms with van der Waals surface area (Å²) in [5.41, 5.74) is 0.695. The highest BCUT2D eigenvalue weighted by atomic mass is 79.9. The van der Waals surface area contributed by atoms with Gasteiger partial charge in [-0.25, -0.2) is 4.98 Å². The molecular weight excluding hydrogens is 300 g/mol. The summed E-state index contributed by atoms with van der Waals surface area (Å²) in [7, 11) is 0. The summed E-state index contributed by atoms with van der Waals surface area (Å²) in [6.45, 7) is 1.55. The molecule has 1 aromatic carbocycles. The fourth-order valence-electron chi connectivity index (χ4n) is 1.25. The molecule has 2 aromatic rings. The molecule has 0 bridgehead atoms. The molecule has 0 aliphatic heterocycles. The van der Waals surface area contributed by atoms with Crippen LogP contribution >= 0.6 is 27.7 Å². The number of rotatable bonds is 3. The van der Waals surface area contributed by atoms with E-state index in [0.29, 0.717) is 5.56 Å². The fraction of sp³-hybridized carbons (Fsp3) is 0.0833. The molecule has 5 heteroatoms. The van der Waals surface area contributed by atoms with E-state index in [1.807, 2.05) is 18.2 Å². The van der Waals surface area contributed by atoms with Crippen LogP contribution in [0.25, 0.3) is 0 Å². The molecule has 0 unspecified atom stereocenters. The van der Waals surface area contributed by atoms with Crippen LogP contribution in [-0.4, -0.2) is 15.8 Å². The van der Waals surface area contributed by atoms with Crippen LogP contribution < -0.4 is 0 Å². The third-order valence-electron chi connectivity index (χ3n) is 2.09. The highest BCUT2D eigenvalue weighted by Crippen LogP contribution is 2.32. The van der Waals surface area contributed by atoms with Crippen LogP contribution in [0.4, 0.5) is 0 Å². The van der Waals surface area contributed by atoms with Crippen molar-refractivity contribution in [1.29, 1.82) is 0 Å². The number of halogens is 1. The molecule has 86 valence electrons. The van der Waals surface area contributed by atoms with Crippen LogP contribution in [0, 0.1) is 0 Å². The smallest absolute Gasteiger partial charge is 0.159 e. The van der Waals surface area contributed by atoms with Crippen molar-refractivity contribution in [3.63, 3.8) is 0 Å². The number of Topliss-reactive ketones (excluding diaryl/α,β-unsaturated/α-hetero) is 1. The number of ketones is 1. The molecule has 1 aromatic heterocycles. The molecule has 0 atom stereocenters. The summed E-state index contributed by atoms with van der Waals surface area (Å²) in [5.74, 6) is 0.0572. The molecule has 3 nitrogen and oxygen atoms in total. The summed E-state index contributed by atoms with van der Waals surface area (Å²) >= 11 is 4.95. The van der Waals surface area contributed by atoms with Gasteiger partial charge in [0.2, 0.25) is 0 Å². The Balaban J connectivity index is 2.26. The third kappa shape index (κ3) is 3.14. The predicted octanol–water partition coefficient (Wildman–Crippen LogP) is 3.59. The summed E-state index contributed by atoms with van der Waals surface area (Å²) in [6, 6.07) is 5.53. The van der Waals surface area contributed by atoms with Crippen molar-refractivity contribution in [2.75, 3.05) is 0 Å². The number of aromatic nitrogens is 2. The second-order valence-electron chi connectivity index (χ2n) is 3.35. The first kappa shape index (κ1) is 12.3. The fourth-order valence-corrected chi connectivity index (χ4v) is 2.62. The van der Waals surface area contributed by atoms with Gasteiger partial charge in [0.15, 0.2) is 5.78 Å². The minimum absolute atomic E-state index is 0.0572. The molecule has 0 aliphatic carbocycles. The Hall–Kier alpha value is -1.20. The average Bonchev–Trinajstić information content (AvgIpc) is 2.33. The van der Waals surface area contributed by atoms with Gasteiger partial charge in [0, 0.05) is 27.3 Å². The minimum atomic E-state index is 0.0572. The number of hydrogen-bond donors (Lipinski definition) is 0. The van der Waals surface area contributed by atoms with E-state index < -0.39 is 0 Å². The lowest BCUT2D eigenvalue weighted by atomic mass is 10.2. The number of hydrogen-bond acceptors (Lipinski definition) is 4. The van der Waals surface area contributed by atoms with E-state index in [1.165, 1.54) is 11.8 Å². The van der Waals surface area contributed by atoms with Gasteiger partial charge in [-0.05, 0) is 35.0 Å². The van der Waals surface area contributed by atoms with Crippen molar-refractivity contribution >= 4 is 33.5 Å². The molecule has 0 N–H and O–H groups in total. The SMILES string of the molecule is CC(=O)c1ccc(Sc2cnccn2)c(Br)c1. The number of carbonyl (C=O) groups is 1. The maximum Gasteiger partial charge on any atom is 0.159 e. The van der Waals surface area contributed by atoms with Crippen LogP contribution in [0.5, 0.6) is 0 Å². The molecule has 0 radical (unpaired) electrons.